The van der Waals surface area contributed by atoms with Gasteiger partial charge in [-0.15, -0.1) is 0 Å². The van der Waals surface area contributed by atoms with Crippen LogP contribution in [0.1, 0.15) is 83.6 Å². The molecule has 0 bridgehead atoms. The smallest absolute Gasteiger partial charge is 0.0654 e. The molecule has 126 valence electrons. The normalized spacial score (nSPS) is 12.5. The van der Waals surface area contributed by atoms with Crippen molar-refractivity contribution in [1.82, 2.24) is 0 Å². The Morgan fingerprint density at radius 2 is 1.23 bits per heavy atom. The minimum absolute atomic E-state index is 0.605. The van der Waals surface area contributed by atoms with Crippen LogP contribution in [0.5, 0.6) is 0 Å². The van der Waals surface area contributed by atoms with Gasteiger partial charge in [0.25, 0.3) is 0 Å². The lowest BCUT2D eigenvalue weighted by Gasteiger charge is -2.07. The van der Waals surface area contributed by atoms with Gasteiger partial charge in [-0.1, -0.05) is 88.6 Å². The van der Waals surface area contributed by atoms with Gasteiger partial charge in [-0.3, -0.25) is 0 Å². The maximum Gasteiger partial charge on any atom is 0.133 e. The van der Waals surface area contributed by atoms with Crippen LogP contribution in [0.15, 0.2) is 30.3 Å². The standard InChI is InChI=1S/C21H37S/c1-3-5-6-7-8-9-10-11-12-16-19-22(4-2)20-21-17-14-13-15-18-21/h13-15,17-18H,3-12,16,19-20H2,1-2H3/q+1. The average molecular weight is 322 g/mol. The van der Waals surface area contributed by atoms with Crippen molar-refractivity contribution in [2.45, 2.75) is 83.8 Å². The third kappa shape index (κ3) is 10.3. The minimum atomic E-state index is 0.605. The lowest BCUT2D eigenvalue weighted by Crippen LogP contribution is -2.13. The van der Waals surface area contributed by atoms with E-state index in [0.29, 0.717) is 10.9 Å². The maximum atomic E-state index is 2.36. The van der Waals surface area contributed by atoms with Crippen molar-refractivity contribution < 1.29 is 0 Å². The first-order valence-corrected chi connectivity index (χ1v) is 11.3. The van der Waals surface area contributed by atoms with Crippen LogP contribution in [0.2, 0.25) is 0 Å². The Morgan fingerprint density at radius 3 is 1.77 bits per heavy atom. The molecule has 0 heterocycles. The molecule has 0 radical (unpaired) electrons. The first kappa shape index (κ1) is 19.6. The van der Waals surface area contributed by atoms with Gasteiger partial charge in [-0.2, -0.15) is 0 Å². The molecule has 1 atom stereocenters. The summed E-state index contributed by atoms with van der Waals surface area (Å²) in [5.41, 5.74) is 1.53. The molecule has 0 spiro atoms. The van der Waals surface area contributed by atoms with Crippen molar-refractivity contribution in [2.75, 3.05) is 11.5 Å². The summed E-state index contributed by atoms with van der Waals surface area (Å²) >= 11 is 0. The number of benzene rings is 1. The molecule has 0 N–H and O–H groups in total. The Bertz CT molecular complexity index is 333. The molecule has 0 aromatic heterocycles. The molecule has 0 aliphatic heterocycles. The third-order valence-corrected chi connectivity index (χ3v) is 6.83. The second-order valence-electron chi connectivity index (χ2n) is 6.42. The molecule has 1 rings (SSSR count). The maximum absolute atomic E-state index is 2.36. The Morgan fingerprint density at radius 1 is 0.682 bits per heavy atom. The second kappa shape index (κ2) is 14.2. The summed E-state index contributed by atoms with van der Waals surface area (Å²) in [6, 6.07) is 11.0. The van der Waals surface area contributed by atoms with Crippen LogP contribution in [0.3, 0.4) is 0 Å². The molecule has 0 fully saturated rings. The second-order valence-corrected chi connectivity index (χ2v) is 8.92. The number of unbranched alkanes of at least 4 members (excludes halogenated alkanes) is 9. The molecule has 0 aliphatic carbocycles. The van der Waals surface area contributed by atoms with E-state index in [-0.39, 0.29) is 0 Å². The van der Waals surface area contributed by atoms with Crippen molar-refractivity contribution in [3.05, 3.63) is 35.9 Å². The van der Waals surface area contributed by atoms with Crippen LogP contribution in [0.4, 0.5) is 0 Å². The van der Waals surface area contributed by atoms with E-state index in [0.717, 1.165) is 0 Å². The first-order valence-electron chi connectivity index (χ1n) is 9.54. The van der Waals surface area contributed by atoms with Crippen LogP contribution in [-0.4, -0.2) is 11.5 Å². The lowest BCUT2D eigenvalue weighted by molar-refractivity contribution is 0.563. The summed E-state index contributed by atoms with van der Waals surface area (Å²) in [4.78, 5) is 0. The van der Waals surface area contributed by atoms with Crippen molar-refractivity contribution in [1.29, 1.82) is 0 Å². The molecule has 0 aliphatic rings. The Labute approximate surface area is 142 Å². The van der Waals surface area contributed by atoms with Gasteiger partial charge in [-0.05, 0) is 30.7 Å². The Kier molecular flexibility index (Phi) is 12.6. The van der Waals surface area contributed by atoms with Crippen molar-refractivity contribution in [3.63, 3.8) is 0 Å². The highest BCUT2D eigenvalue weighted by atomic mass is 32.2. The van der Waals surface area contributed by atoms with E-state index in [9.17, 15) is 0 Å². The van der Waals surface area contributed by atoms with E-state index < -0.39 is 0 Å². The highest BCUT2D eigenvalue weighted by Crippen LogP contribution is 2.14. The van der Waals surface area contributed by atoms with Crippen molar-refractivity contribution in [3.8, 4) is 0 Å². The van der Waals surface area contributed by atoms with Gasteiger partial charge < -0.3 is 0 Å². The zero-order chi connectivity index (χ0) is 15.9. The summed E-state index contributed by atoms with van der Waals surface area (Å²) in [6.45, 7) is 4.66. The topological polar surface area (TPSA) is 0 Å². The van der Waals surface area contributed by atoms with Gasteiger partial charge in [0.2, 0.25) is 0 Å². The molecule has 0 nitrogen and oxygen atoms in total. The zero-order valence-corrected chi connectivity index (χ0v) is 15.8. The Hall–Kier alpha value is -0.430. The fourth-order valence-corrected chi connectivity index (χ4v) is 4.84. The van der Waals surface area contributed by atoms with Gasteiger partial charge in [-0.25, -0.2) is 0 Å². The summed E-state index contributed by atoms with van der Waals surface area (Å²) in [6.07, 6.45) is 14.5. The van der Waals surface area contributed by atoms with Crippen molar-refractivity contribution in [2.24, 2.45) is 0 Å². The fourth-order valence-electron chi connectivity index (χ4n) is 2.92. The Balaban J connectivity index is 1.96. The highest BCUT2D eigenvalue weighted by molar-refractivity contribution is 7.96. The predicted molar refractivity (Wildman–Crippen MR) is 105 cm³/mol. The zero-order valence-electron chi connectivity index (χ0n) is 15.0. The van der Waals surface area contributed by atoms with Gasteiger partial charge in [0.15, 0.2) is 0 Å². The van der Waals surface area contributed by atoms with E-state index in [4.69, 9.17) is 0 Å². The summed E-state index contributed by atoms with van der Waals surface area (Å²) in [5.74, 6) is 4.10. The lowest BCUT2D eigenvalue weighted by atomic mass is 10.1. The molecular weight excluding hydrogens is 284 g/mol. The van der Waals surface area contributed by atoms with Crippen LogP contribution in [0, 0.1) is 0 Å². The van der Waals surface area contributed by atoms with Crippen LogP contribution in [0.25, 0.3) is 0 Å². The summed E-state index contributed by atoms with van der Waals surface area (Å²) in [7, 11) is 0.605. The monoisotopic (exact) mass is 321 g/mol. The molecule has 0 saturated carbocycles. The van der Waals surface area contributed by atoms with Gasteiger partial charge in [0.1, 0.15) is 17.3 Å². The minimum Gasteiger partial charge on any atom is -0.0654 e. The van der Waals surface area contributed by atoms with Crippen LogP contribution < -0.4 is 0 Å². The van der Waals surface area contributed by atoms with Crippen LogP contribution >= 0.6 is 0 Å². The number of hydrogen-bond donors (Lipinski definition) is 0. The molecule has 0 amide bonds. The molecule has 1 aromatic rings. The quantitative estimate of drug-likeness (QED) is 0.263. The highest BCUT2D eigenvalue weighted by Gasteiger charge is 2.15. The van der Waals surface area contributed by atoms with Crippen molar-refractivity contribution >= 4 is 10.9 Å². The SMILES string of the molecule is CCCCCCCCCCCC[S+](CC)Cc1ccccc1. The van der Waals surface area contributed by atoms with E-state index in [1.165, 1.54) is 87.0 Å². The van der Waals surface area contributed by atoms with E-state index in [1.807, 2.05) is 0 Å². The van der Waals surface area contributed by atoms with E-state index in [2.05, 4.69) is 44.2 Å². The number of hydrogen-bond acceptors (Lipinski definition) is 0. The van der Waals surface area contributed by atoms with Gasteiger partial charge in [0, 0.05) is 5.56 Å². The molecular formula is C21H37S+. The molecule has 22 heavy (non-hydrogen) atoms. The average Bonchev–Trinajstić information content (AvgIpc) is 2.56. The van der Waals surface area contributed by atoms with Crippen LogP contribution in [-0.2, 0) is 16.6 Å². The number of rotatable bonds is 14. The molecule has 1 aromatic carbocycles. The van der Waals surface area contributed by atoms with Gasteiger partial charge in [0.05, 0.1) is 0 Å². The third-order valence-electron chi connectivity index (χ3n) is 4.41. The largest absolute Gasteiger partial charge is 0.133 e. The fraction of sp³-hybridized carbons (Fsp3) is 0.714. The molecule has 0 saturated heterocycles. The van der Waals surface area contributed by atoms with Gasteiger partial charge >= 0.3 is 0 Å². The van der Waals surface area contributed by atoms with E-state index >= 15 is 0 Å². The molecule has 1 unspecified atom stereocenters. The van der Waals surface area contributed by atoms with E-state index in [1.54, 1.807) is 0 Å². The first-order chi connectivity index (χ1) is 10.9. The summed E-state index contributed by atoms with van der Waals surface area (Å²) < 4.78 is 0. The predicted octanol–water partition coefficient (Wildman–Crippen LogP) is 6.75. The summed E-state index contributed by atoms with van der Waals surface area (Å²) in [5, 5.41) is 0. The molecule has 1 heteroatoms.